The van der Waals surface area contributed by atoms with E-state index in [4.69, 9.17) is 4.74 Å². The molecule has 0 bridgehead atoms. The van der Waals surface area contributed by atoms with Crippen LogP contribution in [0.1, 0.15) is 37.8 Å². The summed E-state index contributed by atoms with van der Waals surface area (Å²) in [6, 6.07) is 0. The van der Waals surface area contributed by atoms with Crippen LogP contribution in [0.2, 0.25) is 0 Å². The second kappa shape index (κ2) is 5.81. The average molecular weight is 279 g/mol. The maximum absolute atomic E-state index is 12.2. The molecular weight excluding hydrogens is 258 g/mol. The quantitative estimate of drug-likeness (QED) is 0.830. The molecule has 2 fully saturated rings. The minimum Gasteiger partial charge on any atom is -0.472 e. The number of rotatable bonds is 5. The fourth-order valence-electron chi connectivity index (χ4n) is 3.69. The van der Waals surface area contributed by atoms with Gasteiger partial charge in [0, 0.05) is 5.92 Å². The molecule has 20 heavy (non-hydrogen) atoms. The summed E-state index contributed by atoms with van der Waals surface area (Å²) >= 11 is 0. The van der Waals surface area contributed by atoms with Gasteiger partial charge in [0.25, 0.3) is 5.88 Å². The van der Waals surface area contributed by atoms with Crippen molar-refractivity contribution >= 4 is 5.91 Å². The molecular formula is C14H21N3O3. The van der Waals surface area contributed by atoms with E-state index in [1.807, 2.05) is 0 Å². The Balaban J connectivity index is 1.40. The molecule has 110 valence electrons. The maximum atomic E-state index is 12.2. The van der Waals surface area contributed by atoms with E-state index in [0.717, 1.165) is 12.3 Å². The summed E-state index contributed by atoms with van der Waals surface area (Å²) < 4.78 is 9.93. The van der Waals surface area contributed by atoms with Gasteiger partial charge >= 0.3 is 0 Å². The Bertz CT molecular complexity index is 474. The number of amides is 1. The number of carbonyl (C=O) groups excluding carboxylic acids is 1. The van der Waals surface area contributed by atoms with E-state index in [0.29, 0.717) is 30.6 Å². The van der Waals surface area contributed by atoms with Gasteiger partial charge in [0.2, 0.25) is 5.91 Å². The highest BCUT2D eigenvalue weighted by molar-refractivity contribution is 5.79. The van der Waals surface area contributed by atoms with E-state index in [-0.39, 0.29) is 11.8 Å². The predicted molar refractivity (Wildman–Crippen MR) is 71.1 cm³/mol. The van der Waals surface area contributed by atoms with Gasteiger partial charge < -0.3 is 10.1 Å². The van der Waals surface area contributed by atoms with Crippen molar-refractivity contribution in [3.05, 3.63) is 5.69 Å². The number of fused-ring (bicyclic) bond motifs is 1. The molecule has 0 aromatic carbocycles. The zero-order chi connectivity index (χ0) is 13.9. The highest BCUT2D eigenvalue weighted by atomic mass is 16.6. The van der Waals surface area contributed by atoms with Gasteiger partial charge in [-0.2, -0.15) is 0 Å². The lowest BCUT2D eigenvalue weighted by Crippen LogP contribution is -2.35. The van der Waals surface area contributed by atoms with E-state index in [1.165, 1.54) is 25.7 Å². The zero-order valence-electron chi connectivity index (χ0n) is 11.8. The molecule has 3 rings (SSSR count). The Morgan fingerprint density at radius 3 is 3.05 bits per heavy atom. The van der Waals surface area contributed by atoms with Crippen molar-refractivity contribution in [1.29, 1.82) is 0 Å². The first-order valence-corrected chi connectivity index (χ1v) is 7.45. The Morgan fingerprint density at radius 2 is 2.25 bits per heavy atom. The van der Waals surface area contributed by atoms with E-state index in [1.54, 1.807) is 6.92 Å². The van der Waals surface area contributed by atoms with Crippen LogP contribution in [-0.4, -0.2) is 29.4 Å². The summed E-state index contributed by atoms with van der Waals surface area (Å²) in [7, 11) is 0. The van der Waals surface area contributed by atoms with Gasteiger partial charge in [-0.05, 0) is 43.2 Å². The van der Waals surface area contributed by atoms with Crippen molar-refractivity contribution in [2.24, 2.45) is 17.8 Å². The van der Waals surface area contributed by atoms with Crippen LogP contribution in [0, 0.1) is 24.7 Å². The minimum atomic E-state index is 0.193. The van der Waals surface area contributed by atoms with Crippen LogP contribution in [0.5, 0.6) is 5.88 Å². The van der Waals surface area contributed by atoms with Crippen molar-refractivity contribution in [3.8, 4) is 5.88 Å². The molecule has 0 aliphatic heterocycles. The molecule has 3 atom stereocenters. The summed E-state index contributed by atoms with van der Waals surface area (Å²) in [5.74, 6) is 2.23. The van der Waals surface area contributed by atoms with E-state index in [9.17, 15) is 4.79 Å². The lowest BCUT2D eigenvalue weighted by Gasteiger charge is -2.17. The minimum absolute atomic E-state index is 0.193. The van der Waals surface area contributed by atoms with E-state index < -0.39 is 0 Å². The number of carbonyl (C=O) groups is 1. The smallest absolute Gasteiger partial charge is 0.278 e. The van der Waals surface area contributed by atoms with Crippen LogP contribution < -0.4 is 10.1 Å². The molecule has 1 amide bonds. The lowest BCUT2D eigenvalue weighted by atomic mass is 9.91. The Hall–Kier alpha value is -1.59. The second-order valence-corrected chi connectivity index (χ2v) is 5.83. The third-order valence-electron chi connectivity index (χ3n) is 4.67. The Labute approximate surface area is 118 Å². The molecule has 0 unspecified atom stereocenters. The van der Waals surface area contributed by atoms with Gasteiger partial charge in [-0.25, -0.2) is 4.63 Å². The van der Waals surface area contributed by atoms with Crippen LogP contribution in [0.25, 0.3) is 0 Å². The predicted octanol–water partition coefficient (Wildman–Crippen LogP) is 1.70. The van der Waals surface area contributed by atoms with Crippen LogP contribution >= 0.6 is 0 Å². The number of nitrogens with zero attached hydrogens (tertiary/aromatic N) is 2. The van der Waals surface area contributed by atoms with Crippen LogP contribution in [0.3, 0.4) is 0 Å². The molecule has 2 saturated carbocycles. The summed E-state index contributed by atoms with van der Waals surface area (Å²) in [4.78, 5) is 12.2. The summed E-state index contributed by atoms with van der Waals surface area (Å²) in [5.41, 5.74) is 0.626. The van der Waals surface area contributed by atoms with Gasteiger partial charge in [-0.1, -0.05) is 18.0 Å². The van der Waals surface area contributed by atoms with Gasteiger partial charge in [0.1, 0.15) is 12.3 Å². The molecule has 6 heteroatoms. The standard InChI is InChI=1S/C14H21N3O3/c1-9-14(17-20-16-9)19-8-7-15-13(18)12-6-5-10-3-2-4-11(10)12/h10-12H,2-8H2,1H3,(H,15,18)/t10-,11-,12-/m0/s1. The number of aryl methyl sites for hydroxylation is 1. The Kier molecular flexibility index (Phi) is 3.89. The normalized spacial score (nSPS) is 28.4. The number of nitrogens with one attached hydrogen (secondary N) is 1. The summed E-state index contributed by atoms with van der Waals surface area (Å²) in [5, 5.41) is 10.2. The van der Waals surface area contributed by atoms with Gasteiger partial charge in [0.15, 0.2) is 0 Å². The molecule has 1 heterocycles. The van der Waals surface area contributed by atoms with Crippen molar-refractivity contribution in [3.63, 3.8) is 0 Å². The maximum Gasteiger partial charge on any atom is 0.278 e. The Morgan fingerprint density at radius 1 is 1.35 bits per heavy atom. The fourth-order valence-corrected chi connectivity index (χ4v) is 3.69. The molecule has 6 nitrogen and oxygen atoms in total. The topological polar surface area (TPSA) is 77.2 Å². The number of hydrogen-bond acceptors (Lipinski definition) is 5. The molecule has 0 radical (unpaired) electrons. The molecule has 0 spiro atoms. The summed E-state index contributed by atoms with van der Waals surface area (Å²) in [6.45, 7) is 2.66. The van der Waals surface area contributed by atoms with Crippen LogP contribution in [0.4, 0.5) is 0 Å². The van der Waals surface area contributed by atoms with Crippen LogP contribution in [-0.2, 0) is 4.79 Å². The average Bonchev–Trinajstić information content (AvgIpc) is 3.10. The highest BCUT2D eigenvalue weighted by Crippen LogP contribution is 2.47. The molecule has 1 N–H and O–H groups in total. The van der Waals surface area contributed by atoms with Crippen LogP contribution in [0.15, 0.2) is 4.63 Å². The third-order valence-corrected chi connectivity index (χ3v) is 4.67. The molecule has 0 saturated heterocycles. The zero-order valence-corrected chi connectivity index (χ0v) is 11.8. The SMILES string of the molecule is Cc1nonc1OCCNC(=O)[C@H]1CC[C@@H]2CCC[C@@H]21. The van der Waals surface area contributed by atoms with Crippen molar-refractivity contribution < 1.29 is 14.2 Å². The van der Waals surface area contributed by atoms with Crippen molar-refractivity contribution in [2.75, 3.05) is 13.2 Å². The van der Waals surface area contributed by atoms with Gasteiger partial charge in [-0.15, -0.1) is 0 Å². The molecule has 1 aromatic rings. The first-order valence-electron chi connectivity index (χ1n) is 7.45. The van der Waals surface area contributed by atoms with Gasteiger partial charge in [-0.3, -0.25) is 4.79 Å². The number of aromatic nitrogens is 2. The number of hydrogen-bond donors (Lipinski definition) is 1. The first kappa shape index (κ1) is 13.4. The molecule has 2 aliphatic rings. The number of ether oxygens (including phenoxy) is 1. The molecule has 2 aliphatic carbocycles. The van der Waals surface area contributed by atoms with E-state index >= 15 is 0 Å². The largest absolute Gasteiger partial charge is 0.472 e. The summed E-state index contributed by atoms with van der Waals surface area (Å²) in [6.07, 6.45) is 6.11. The van der Waals surface area contributed by atoms with Gasteiger partial charge in [0.05, 0.1) is 6.54 Å². The fraction of sp³-hybridized carbons (Fsp3) is 0.786. The first-order chi connectivity index (χ1) is 9.75. The highest BCUT2D eigenvalue weighted by Gasteiger charge is 2.42. The van der Waals surface area contributed by atoms with E-state index in [2.05, 4.69) is 20.3 Å². The second-order valence-electron chi connectivity index (χ2n) is 5.83. The molecule has 1 aromatic heterocycles. The lowest BCUT2D eigenvalue weighted by molar-refractivity contribution is -0.126. The van der Waals surface area contributed by atoms with Crippen molar-refractivity contribution in [1.82, 2.24) is 15.6 Å². The van der Waals surface area contributed by atoms with Crippen molar-refractivity contribution in [2.45, 2.75) is 39.0 Å². The third kappa shape index (κ3) is 2.64. The monoisotopic (exact) mass is 279 g/mol.